The summed E-state index contributed by atoms with van der Waals surface area (Å²) in [5.41, 5.74) is 0.264. The van der Waals surface area contributed by atoms with Crippen molar-refractivity contribution >= 4 is 18.3 Å². The molecule has 2 aliphatic carbocycles. The predicted molar refractivity (Wildman–Crippen MR) is 83.3 cm³/mol. The summed E-state index contributed by atoms with van der Waals surface area (Å²) in [6.45, 7) is 3.62. The molecule has 1 amide bonds. The molecule has 118 valence electrons. The van der Waals surface area contributed by atoms with Crippen molar-refractivity contribution in [1.29, 1.82) is 0 Å². The molecule has 1 spiro atoms. The van der Waals surface area contributed by atoms with Crippen LogP contribution in [0.1, 0.15) is 45.4 Å². The van der Waals surface area contributed by atoms with Crippen LogP contribution in [0.25, 0.3) is 0 Å². The molecule has 2 fully saturated rings. The highest BCUT2D eigenvalue weighted by Crippen LogP contribution is 2.56. The number of hydrogen-bond acceptors (Lipinski definition) is 3. The Morgan fingerprint density at radius 2 is 2.05 bits per heavy atom. The van der Waals surface area contributed by atoms with E-state index in [1.807, 2.05) is 19.0 Å². The third kappa shape index (κ3) is 3.12. The Morgan fingerprint density at radius 3 is 2.60 bits per heavy atom. The fraction of sp³-hybridized carbons (Fsp3) is 0.933. The Kier molecular flexibility index (Phi) is 6.76. The normalized spacial score (nSPS) is 26.9. The molecule has 0 bridgehead atoms. The van der Waals surface area contributed by atoms with E-state index < -0.39 is 0 Å². The molecule has 2 saturated carbocycles. The average molecular weight is 305 g/mol. The van der Waals surface area contributed by atoms with Gasteiger partial charge in [-0.15, -0.1) is 12.4 Å². The smallest absolute Gasteiger partial charge is 0.223 e. The van der Waals surface area contributed by atoms with Gasteiger partial charge in [0.25, 0.3) is 0 Å². The predicted octanol–water partition coefficient (Wildman–Crippen LogP) is 2.21. The fourth-order valence-corrected chi connectivity index (χ4v) is 3.98. The number of nitrogens with one attached hydrogen (secondary N) is 1. The molecule has 0 aromatic carbocycles. The molecule has 20 heavy (non-hydrogen) atoms. The highest BCUT2D eigenvalue weighted by Gasteiger charge is 2.58. The van der Waals surface area contributed by atoms with E-state index in [0.29, 0.717) is 18.6 Å². The van der Waals surface area contributed by atoms with E-state index in [1.165, 1.54) is 25.7 Å². The molecule has 4 nitrogen and oxygen atoms in total. The standard InChI is InChI=1S/C15H28N2O2.ClH/c1-4-19-13-11-12(15(13)8-5-6-9-15)17(3)14(18)7-10-16-2;/h12-13,16H,4-11H2,1-3H3;1H. The van der Waals surface area contributed by atoms with Gasteiger partial charge in [0, 0.05) is 38.1 Å². The summed E-state index contributed by atoms with van der Waals surface area (Å²) in [5, 5.41) is 3.05. The molecule has 1 N–H and O–H groups in total. The van der Waals surface area contributed by atoms with E-state index in [1.54, 1.807) is 0 Å². The van der Waals surface area contributed by atoms with Crippen molar-refractivity contribution in [2.24, 2.45) is 5.41 Å². The minimum absolute atomic E-state index is 0. The van der Waals surface area contributed by atoms with Gasteiger partial charge in [0.05, 0.1) is 6.10 Å². The van der Waals surface area contributed by atoms with Crippen LogP contribution in [0.15, 0.2) is 0 Å². The summed E-state index contributed by atoms with van der Waals surface area (Å²) in [4.78, 5) is 14.2. The zero-order chi connectivity index (χ0) is 13.9. The van der Waals surface area contributed by atoms with Crippen molar-refractivity contribution in [3.05, 3.63) is 0 Å². The number of hydrogen-bond donors (Lipinski definition) is 1. The van der Waals surface area contributed by atoms with Gasteiger partial charge in [0.15, 0.2) is 0 Å². The zero-order valence-corrected chi connectivity index (χ0v) is 13.8. The lowest BCUT2D eigenvalue weighted by atomic mass is 9.60. The molecule has 0 aromatic heterocycles. The van der Waals surface area contributed by atoms with Gasteiger partial charge >= 0.3 is 0 Å². The monoisotopic (exact) mass is 304 g/mol. The van der Waals surface area contributed by atoms with Crippen LogP contribution in [0.5, 0.6) is 0 Å². The maximum Gasteiger partial charge on any atom is 0.223 e. The van der Waals surface area contributed by atoms with Crippen molar-refractivity contribution in [3.63, 3.8) is 0 Å². The van der Waals surface area contributed by atoms with E-state index in [2.05, 4.69) is 12.2 Å². The molecule has 5 heteroatoms. The second-order valence-electron chi connectivity index (χ2n) is 5.99. The first kappa shape index (κ1) is 17.7. The van der Waals surface area contributed by atoms with Crippen LogP contribution >= 0.6 is 12.4 Å². The van der Waals surface area contributed by atoms with E-state index in [-0.39, 0.29) is 23.7 Å². The second-order valence-corrected chi connectivity index (χ2v) is 5.99. The van der Waals surface area contributed by atoms with Crippen molar-refractivity contribution in [1.82, 2.24) is 10.2 Å². The second kappa shape index (κ2) is 7.62. The highest BCUT2D eigenvalue weighted by molar-refractivity contribution is 5.85. The first-order valence-electron chi connectivity index (χ1n) is 7.67. The Morgan fingerprint density at radius 1 is 1.40 bits per heavy atom. The van der Waals surface area contributed by atoms with E-state index in [4.69, 9.17) is 4.74 Å². The molecule has 0 heterocycles. The molecule has 0 aliphatic heterocycles. The van der Waals surface area contributed by atoms with Crippen LogP contribution in [0.2, 0.25) is 0 Å². The van der Waals surface area contributed by atoms with Gasteiger partial charge in [-0.3, -0.25) is 4.79 Å². The first-order chi connectivity index (χ1) is 9.15. The average Bonchev–Trinajstić information content (AvgIpc) is 2.92. The number of amides is 1. The van der Waals surface area contributed by atoms with Gasteiger partial charge in [-0.1, -0.05) is 12.8 Å². The molecule has 2 atom stereocenters. The summed E-state index contributed by atoms with van der Waals surface area (Å²) < 4.78 is 5.91. The topological polar surface area (TPSA) is 41.6 Å². The Balaban J connectivity index is 0.00000200. The first-order valence-corrected chi connectivity index (χ1v) is 7.67. The SMILES string of the molecule is CCOC1CC(N(C)C(=O)CCNC)C12CCCC2.Cl. The van der Waals surface area contributed by atoms with Gasteiger partial charge in [-0.25, -0.2) is 0 Å². The summed E-state index contributed by atoms with van der Waals surface area (Å²) in [5.74, 6) is 0.264. The Labute approximate surface area is 129 Å². The van der Waals surface area contributed by atoms with Crippen LogP contribution < -0.4 is 5.32 Å². The maximum atomic E-state index is 12.2. The molecule has 2 unspecified atom stereocenters. The third-order valence-corrected chi connectivity index (χ3v) is 5.09. The van der Waals surface area contributed by atoms with Gasteiger partial charge < -0.3 is 15.0 Å². The fourth-order valence-electron chi connectivity index (χ4n) is 3.98. The summed E-state index contributed by atoms with van der Waals surface area (Å²) in [6, 6.07) is 0.399. The van der Waals surface area contributed by atoms with E-state index >= 15 is 0 Å². The molecule has 0 saturated heterocycles. The molecular formula is C15H29ClN2O2. The van der Waals surface area contributed by atoms with Gasteiger partial charge in [-0.2, -0.15) is 0 Å². The number of carbonyl (C=O) groups is 1. The minimum atomic E-state index is 0. The van der Waals surface area contributed by atoms with Crippen LogP contribution in [0.3, 0.4) is 0 Å². The lowest BCUT2D eigenvalue weighted by Gasteiger charge is -2.57. The van der Waals surface area contributed by atoms with Gasteiger partial charge in [0.2, 0.25) is 5.91 Å². The Hall–Kier alpha value is -0.320. The molecule has 0 radical (unpaired) electrons. The van der Waals surface area contributed by atoms with Crippen LogP contribution in [0, 0.1) is 5.41 Å². The van der Waals surface area contributed by atoms with Crippen molar-refractivity contribution in [2.75, 3.05) is 27.2 Å². The lowest BCUT2D eigenvalue weighted by molar-refractivity contribution is -0.172. The highest BCUT2D eigenvalue weighted by atomic mass is 35.5. The van der Waals surface area contributed by atoms with Crippen molar-refractivity contribution < 1.29 is 9.53 Å². The molecule has 0 aromatic rings. The van der Waals surface area contributed by atoms with Crippen molar-refractivity contribution in [2.45, 2.75) is 57.6 Å². The molecule has 2 aliphatic rings. The maximum absolute atomic E-state index is 12.2. The van der Waals surface area contributed by atoms with Crippen LogP contribution in [0.4, 0.5) is 0 Å². The lowest BCUT2D eigenvalue weighted by Crippen LogP contribution is -2.64. The van der Waals surface area contributed by atoms with Crippen LogP contribution in [-0.2, 0) is 9.53 Å². The number of nitrogens with zero attached hydrogens (tertiary/aromatic N) is 1. The number of halogens is 1. The van der Waals surface area contributed by atoms with Gasteiger partial charge in [-0.05, 0) is 33.2 Å². The summed E-state index contributed by atoms with van der Waals surface area (Å²) in [6.07, 6.45) is 7.04. The van der Waals surface area contributed by atoms with Crippen molar-refractivity contribution in [3.8, 4) is 0 Å². The minimum Gasteiger partial charge on any atom is -0.378 e. The molecular weight excluding hydrogens is 276 g/mol. The van der Waals surface area contributed by atoms with Gasteiger partial charge in [0.1, 0.15) is 0 Å². The largest absolute Gasteiger partial charge is 0.378 e. The van der Waals surface area contributed by atoms with E-state index in [9.17, 15) is 4.79 Å². The van der Waals surface area contributed by atoms with E-state index in [0.717, 1.165) is 19.6 Å². The number of ether oxygens (including phenoxy) is 1. The zero-order valence-electron chi connectivity index (χ0n) is 13.0. The summed E-state index contributed by atoms with van der Waals surface area (Å²) >= 11 is 0. The third-order valence-electron chi connectivity index (χ3n) is 5.09. The summed E-state index contributed by atoms with van der Waals surface area (Å²) in [7, 11) is 3.87. The van der Waals surface area contributed by atoms with Crippen LogP contribution in [-0.4, -0.2) is 50.2 Å². The quantitative estimate of drug-likeness (QED) is 0.818. The molecule has 2 rings (SSSR count). The number of rotatable bonds is 6. The Bertz CT molecular complexity index is 319. The number of carbonyl (C=O) groups excluding carboxylic acids is 1.